The van der Waals surface area contributed by atoms with Gasteiger partial charge in [0.2, 0.25) is 15.9 Å². The largest absolute Gasteiger partial charge is 0.497 e. The van der Waals surface area contributed by atoms with Gasteiger partial charge >= 0.3 is 0 Å². The lowest BCUT2D eigenvalue weighted by atomic mass is 10.0. The predicted octanol–water partition coefficient (Wildman–Crippen LogP) is 3.78. The molecule has 10 nitrogen and oxygen atoms in total. The molecule has 2 N–H and O–H groups in total. The number of fused-ring (bicyclic) bond motifs is 1. The molecule has 12 heteroatoms. The number of ether oxygens (including phenoxy) is 1. The van der Waals surface area contributed by atoms with Gasteiger partial charge in [-0.25, -0.2) is 8.42 Å². The Morgan fingerprint density at radius 3 is 2.55 bits per heavy atom. The number of benzene rings is 2. The van der Waals surface area contributed by atoms with Gasteiger partial charge in [-0.05, 0) is 73.7 Å². The number of Topliss-reactive ketones (excluding diaryl/α,β-unsaturated/α-hetero) is 1. The maximum atomic E-state index is 13.3. The van der Waals surface area contributed by atoms with Crippen LogP contribution in [0.5, 0.6) is 5.75 Å². The number of amides is 2. The van der Waals surface area contributed by atoms with E-state index in [1.165, 1.54) is 24.3 Å². The van der Waals surface area contributed by atoms with E-state index < -0.39 is 39.7 Å². The van der Waals surface area contributed by atoms with Gasteiger partial charge in [0.15, 0.2) is 11.5 Å². The number of furan rings is 1. The third kappa shape index (κ3) is 6.83. The monoisotopic (exact) mass is 589 g/mol. The van der Waals surface area contributed by atoms with Crippen LogP contribution in [-0.2, 0) is 19.6 Å². The molecule has 0 unspecified atom stereocenters. The maximum Gasteiger partial charge on any atom is 0.287 e. The van der Waals surface area contributed by atoms with Crippen molar-refractivity contribution in [1.82, 2.24) is 14.9 Å². The molecule has 1 aromatic heterocycles. The van der Waals surface area contributed by atoms with Crippen LogP contribution in [-0.4, -0.2) is 62.6 Å². The molecule has 0 saturated carbocycles. The topological polar surface area (TPSA) is 135 Å². The molecular formula is C28H32ClN3O7S. The molecule has 0 radical (unpaired) electrons. The van der Waals surface area contributed by atoms with E-state index in [0.717, 1.165) is 4.31 Å². The minimum Gasteiger partial charge on any atom is -0.497 e. The molecule has 2 aromatic carbocycles. The summed E-state index contributed by atoms with van der Waals surface area (Å²) in [5.74, 6) is -0.802. The Bertz CT molecular complexity index is 1500. The number of hydrogen-bond acceptors (Lipinski definition) is 7. The Balaban J connectivity index is 1.44. The first kappa shape index (κ1) is 29.6. The third-order valence-electron chi connectivity index (χ3n) is 6.67. The van der Waals surface area contributed by atoms with Crippen LogP contribution in [0.3, 0.4) is 0 Å². The molecule has 1 aliphatic rings. The fraction of sp³-hybridized carbons (Fsp3) is 0.393. The SMILES string of the molecule is COc1ccc2oc(C(=O)N[C@@H](CC(C)C)C(=O)N[C@H]3CCCN(S(=O)(=O)c4ccc(Cl)cc4)CC3=O)cc2c1. The second kappa shape index (κ2) is 12.4. The molecule has 214 valence electrons. The number of carbonyl (C=O) groups is 3. The van der Waals surface area contributed by atoms with Crippen molar-refractivity contribution in [3.63, 3.8) is 0 Å². The highest BCUT2D eigenvalue weighted by molar-refractivity contribution is 7.89. The standard InChI is InChI=1S/C28H32ClN3O7S/c1-17(2)13-23(31-28(35)26-15-18-14-20(38-3)8-11-25(18)39-26)27(34)30-22-5-4-12-32(16-24(22)33)40(36,37)21-9-6-19(29)7-10-21/h6-11,14-15,17,22-23H,4-5,12-13,16H2,1-3H3,(H,30,34)(H,31,35)/t22-,23-/m0/s1. The van der Waals surface area contributed by atoms with Crippen molar-refractivity contribution in [2.45, 2.75) is 50.1 Å². The lowest BCUT2D eigenvalue weighted by Gasteiger charge is -2.23. The molecule has 0 aliphatic carbocycles. The summed E-state index contributed by atoms with van der Waals surface area (Å²) in [6.45, 7) is 3.58. The molecule has 2 atom stereocenters. The van der Waals surface area contributed by atoms with Crippen LogP contribution in [0.15, 0.2) is 57.8 Å². The average molecular weight is 590 g/mol. The Morgan fingerprint density at radius 2 is 1.88 bits per heavy atom. The Morgan fingerprint density at radius 1 is 1.15 bits per heavy atom. The van der Waals surface area contributed by atoms with Gasteiger partial charge in [0.05, 0.1) is 24.6 Å². The summed E-state index contributed by atoms with van der Waals surface area (Å²) in [4.78, 5) is 39.4. The van der Waals surface area contributed by atoms with E-state index in [9.17, 15) is 22.8 Å². The number of sulfonamides is 1. The highest BCUT2D eigenvalue weighted by atomic mass is 35.5. The van der Waals surface area contributed by atoms with Crippen molar-refractivity contribution < 1.29 is 32.0 Å². The highest BCUT2D eigenvalue weighted by Crippen LogP contribution is 2.25. The molecule has 3 aromatic rings. The van der Waals surface area contributed by atoms with E-state index in [1.54, 1.807) is 31.4 Å². The lowest BCUT2D eigenvalue weighted by molar-refractivity contribution is -0.129. The van der Waals surface area contributed by atoms with Gasteiger partial charge < -0.3 is 19.8 Å². The van der Waals surface area contributed by atoms with Crippen molar-refractivity contribution in [3.05, 3.63) is 59.3 Å². The average Bonchev–Trinajstić information content (AvgIpc) is 3.25. The van der Waals surface area contributed by atoms with Gasteiger partial charge in [-0.1, -0.05) is 25.4 Å². The highest BCUT2D eigenvalue weighted by Gasteiger charge is 2.34. The number of nitrogens with one attached hydrogen (secondary N) is 2. The third-order valence-corrected chi connectivity index (χ3v) is 8.78. The quantitative estimate of drug-likeness (QED) is 0.388. The summed E-state index contributed by atoms with van der Waals surface area (Å²) in [7, 11) is -2.37. The van der Waals surface area contributed by atoms with Crippen molar-refractivity contribution in [3.8, 4) is 5.75 Å². The number of halogens is 1. The second-order valence-electron chi connectivity index (χ2n) is 10.1. The van der Waals surface area contributed by atoms with E-state index in [1.807, 2.05) is 13.8 Å². The smallest absolute Gasteiger partial charge is 0.287 e. The fourth-order valence-electron chi connectivity index (χ4n) is 4.57. The molecule has 0 spiro atoms. The van der Waals surface area contributed by atoms with E-state index in [4.69, 9.17) is 20.8 Å². The summed E-state index contributed by atoms with van der Waals surface area (Å²) in [5.41, 5.74) is 0.498. The summed E-state index contributed by atoms with van der Waals surface area (Å²) in [5, 5.41) is 6.55. The number of rotatable bonds is 9. The number of ketones is 1. The Kier molecular flexibility index (Phi) is 9.17. The van der Waals surface area contributed by atoms with Crippen molar-refractivity contribution in [1.29, 1.82) is 0 Å². The molecule has 1 fully saturated rings. The first-order chi connectivity index (χ1) is 19.0. The fourth-order valence-corrected chi connectivity index (χ4v) is 6.15. The molecule has 4 rings (SSSR count). The Labute approximate surface area is 238 Å². The van der Waals surface area contributed by atoms with E-state index in [2.05, 4.69) is 10.6 Å². The van der Waals surface area contributed by atoms with Crippen LogP contribution < -0.4 is 15.4 Å². The second-order valence-corrected chi connectivity index (χ2v) is 12.5. The van der Waals surface area contributed by atoms with Gasteiger partial charge in [-0.15, -0.1) is 0 Å². The summed E-state index contributed by atoms with van der Waals surface area (Å²) >= 11 is 5.88. The molecule has 2 amide bonds. The molecule has 1 aliphatic heterocycles. The summed E-state index contributed by atoms with van der Waals surface area (Å²) in [6, 6.07) is 10.6. The number of methoxy groups -OCH3 is 1. The van der Waals surface area contributed by atoms with Crippen molar-refractivity contribution in [2.24, 2.45) is 5.92 Å². The molecule has 1 saturated heterocycles. The normalized spacial score (nSPS) is 17.4. The number of carbonyl (C=O) groups excluding carboxylic acids is 3. The van der Waals surface area contributed by atoms with E-state index in [-0.39, 0.29) is 36.1 Å². The van der Waals surface area contributed by atoms with Crippen LogP contribution in [0.2, 0.25) is 5.02 Å². The van der Waals surface area contributed by atoms with Gasteiger partial charge in [-0.3, -0.25) is 14.4 Å². The molecule has 0 bridgehead atoms. The number of hydrogen-bond donors (Lipinski definition) is 2. The van der Waals surface area contributed by atoms with Crippen molar-refractivity contribution in [2.75, 3.05) is 20.2 Å². The molecule has 40 heavy (non-hydrogen) atoms. The van der Waals surface area contributed by atoms with Crippen LogP contribution in [0.4, 0.5) is 0 Å². The van der Waals surface area contributed by atoms with E-state index >= 15 is 0 Å². The molecular weight excluding hydrogens is 558 g/mol. The van der Waals surface area contributed by atoms with Crippen LogP contribution in [0.25, 0.3) is 11.0 Å². The van der Waals surface area contributed by atoms with Crippen LogP contribution in [0.1, 0.15) is 43.7 Å². The van der Waals surface area contributed by atoms with Crippen LogP contribution in [0, 0.1) is 5.92 Å². The minimum atomic E-state index is -3.92. The lowest BCUT2D eigenvalue weighted by Crippen LogP contribution is -2.52. The first-order valence-corrected chi connectivity index (χ1v) is 14.8. The maximum absolute atomic E-state index is 13.3. The summed E-state index contributed by atoms with van der Waals surface area (Å²) < 4.78 is 38.2. The van der Waals surface area contributed by atoms with Crippen molar-refractivity contribution >= 4 is 50.2 Å². The van der Waals surface area contributed by atoms with Gasteiger partial charge in [0, 0.05) is 17.0 Å². The minimum absolute atomic E-state index is 0.0379. The Hall–Kier alpha value is -3.41. The van der Waals surface area contributed by atoms with Gasteiger partial charge in [0.25, 0.3) is 5.91 Å². The van der Waals surface area contributed by atoms with E-state index in [0.29, 0.717) is 34.6 Å². The van der Waals surface area contributed by atoms with Gasteiger partial charge in [-0.2, -0.15) is 4.31 Å². The first-order valence-electron chi connectivity index (χ1n) is 12.9. The zero-order chi connectivity index (χ0) is 29.0. The van der Waals surface area contributed by atoms with Crippen LogP contribution >= 0.6 is 11.6 Å². The summed E-state index contributed by atoms with van der Waals surface area (Å²) in [6.07, 6.45) is 0.960. The van der Waals surface area contributed by atoms with Gasteiger partial charge in [0.1, 0.15) is 17.4 Å². The molecule has 2 heterocycles. The number of nitrogens with zero attached hydrogens (tertiary/aromatic N) is 1. The zero-order valence-electron chi connectivity index (χ0n) is 22.5. The predicted molar refractivity (Wildman–Crippen MR) is 150 cm³/mol. The zero-order valence-corrected chi connectivity index (χ0v) is 24.0.